The van der Waals surface area contributed by atoms with Crippen LogP contribution in [0.4, 0.5) is 5.69 Å². The highest BCUT2D eigenvalue weighted by molar-refractivity contribution is 7.92. The molecule has 0 aromatic heterocycles. The van der Waals surface area contributed by atoms with E-state index in [1.54, 1.807) is 53.4 Å². The Labute approximate surface area is 171 Å². The lowest BCUT2D eigenvalue weighted by molar-refractivity contribution is 0.0736. The van der Waals surface area contributed by atoms with Crippen LogP contribution in [0.1, 0.15) is 27.0 Å². The molecule has 0 unspecified atom stereocenters. The van der Waals surface area contributed by atoms with Gasteiger partial charge in [0.05, 0.1) is 16.1 Å². The van der Waals surface area contributed by atoms with Gasteiger partial charge >= 0.3 is 0 Å². The molecule has 3 aromatic carbocycles. The minimum Gasteiger partial charge on any atom is -0.334 e. The molecule has 4 rings (SSSR count). The molecule has 148 valence electrons. The van der Waals surface area contributed by atoms with Crippen molar-refractivity contribution < 1.29 is 13.2 Å². The van der Waals surface area contributed by atoms with Crippen molar-refractivity contribution in [3.8, 4) is 0 Å². The maximum Gasteiger partial charge on any atom is 0.261 e. The SMILES string of the molecule is Cc1ccc(S(=O)(=O)Nc2ccccc2C(=O)N2CCc3ccccc3C2)cc1. The quantitative estimate of drug-likeness (QED) is 0.712. The number of sulfonamides is 1. The maximum atomic E-state index is 13.2. The number of fused-ring (bicyclic) bond motifs is 1. The summed E-state index contributed by atoms with van der Waals surface area (Å²) in [6.45, 7) is 3.03. The summed E-state index contributed by atoms with van der Waals surface area (Å²) in [7, 11) is -3.79. The third-order valence-electron chi connectivity index (χ3n) is 5.15. The number of amides is 1. The van der Waals surface area contributed by atoms with Gasteiger partial charge in [0.15, 0.2) is 0 Å². The highest BCUT2D eigenvalue weighted by Crippen LogP contribution is 2.25. The lowest BCUT2D eigenvalue weighted by Gasteiger charge is -2.29. The van der Waals surface area contributed by atoms with Crippen LogP contribution in [0, 0.1) is 6.92 Å². The topological polar surface area (TPSA) is 66.5 Å². The molecule has 5 nitrogen and oxygen atoms in total. The summed E-state index contributed by atoms with van der Waals surface area (Å²) in [6, 6.07) is 21.4. The zero-order valence-electron chi connectivity index (χ0n) is 16.1. The number of nitrogens with zero attached hydrogens (tertiary/aromatic N) is 1. The minimum absolute atomic E-state index is 0.164. The molecule has 1 aliphatic rings. The fraction of sp³-hybridized carbons (Fsp3) is 0.174. The molecule has 3 aromatic rings. The van der Waals surface area contributed by atoms with Gasteiger partial charge in [0.25, 0.3) is 15.9 Å². The lowest BCUT2D eigenvalue weighted by Crippen LogP contribution is -2.36. The zero-order valence-corrected chi connectivity index (χ0v) is 16.9. The van der Waals surface area contributed by atoms with Gasteiger partial charge in [0, 0.05) is 13.1 Å². The normalized spacial score (nSPS) is 13.6. The van der Waals surface area contributed by atoms with Crippen molar-refractivity contribution in [2.24, 2.45) is 0 Å². The van der Waals surface area contributed by atoms with Gasteiger partial charge < -0.3 is 4.90 Å². The fourth-order valence-corrected chi connectivity index (χ4v) is 4.60. The highest BCUT2D eigenvalue weighted by atomic mass is 32.2. The number of para-hydroxylation sites is 1. The Kier molecular flexibility index (Phi) is 5.11. The smallest absolute Gasteiger partial charge is 0.261 e. The van der Waals surface area contributed by atoms with Crippen molar-refractivity contribution in [3.05, 3.63) is 95.1 Å². The molecular formula is C23H22N2O3S. The summed E-state index contributed by atoms with van der Waals surface area (Å²) in [6.07, 6.45) is 0.791. The molecular weight excluding hydrogens is 384 g/mol. The minimum atomic E-state index is -3.79. The van der Waals surface area contributed by atoms with Crippen LogP contribution in [0.5, 0.6) is 0 Å². The van der Waals surface area contributed by atoms with E-state index < -0.39 is 10.0 Å². The van der Waals surface area contributed by atoms with Crippen LogP contribution in [-0.2, 0) is 23.0 Å². The average molecular weight is 407 g/mol. The van der Waals surface area contributed by atoms with E-state index in [0.29, 0.717) is 18.7 Å². The van der Waals surface area contributed by atoms with E-state index in [1.165, 1.54) is 5.56 Å². The highest BCUT2D eigenvalue weighted by Gasteiger charge is 2.25. The van der Waals surface area contributed by atoms with E-state index in [9.17, 15) is 13.2 Å². The van der Waals surface area contributed by atoms with E-state index in [0.717, 1.165) is 17.5 Å². The number of anilines is 1. The van der Waals surface area contributed by atoms with Crippen LogP contribution in [0.2, 0.25) is 0 Å². The van der Waals surface area contributed by atoms with Crippen molar-refractivity contribution >= 4 is 21.6 Å². The fourth-order valence-electron chi connectivity index (χ4n) is 3.52. The average Bonchev–Trinajstić information content (AvgIpc) is 2.73. The second-order valence-corrected chi connectivity index (χ2v) is 8.89. The van der Waals surface area contributed by atoms with Gasteiger partial charge in [-0.05, 0) is 48.7 Å². The molecule has 1 aliphatic heterocycles. The van der Waals surface area contributed by atoms with E-state index in [4.69, 9.17) is 0 Å². The van der Waals surface area contributed by atoms with E-state index in [1.807, 2.05) is 25.1 Å². The van der Waals surface area contributed by atoms with Gasteiger partial charge in [-0.15, -0.1) is 0 Å². The van der Waals surface area contributed by atoms with Crippen molar-refractivity contribution in [3.63, 3.8) is 0 Å². The summed E-state index contributed by atoms with van der Waals surface area (Å²) in [5.74, 6) is -0.179. The molecule has 1 N–H and O–H groups in total. The molecule has 0 bridgehead atoms. The number of rotatable bonds is 4. The zero-order chi connectivity index (χ0) is 20.4. The molecule has 0 saturated heterocycles. The Bertz CT molecular complexity index is 1150. The lowest BCUT2D eigenvalue weighted by atomic mass is 9.99. The van der Waals surface area contributed by atoms with E-state index in [-0.39, 0.29) is 16.5 Å². The largest absolute Gasteiger partial charge is 0.334 e. The second-order valence-electron chi connectivity index (χ2n) is 7.21. The summed E-state index contributed by atoms with van der Waals surface area (Å²) in [4.78, 5) is 15.1. The Morgan fingerprint density at radius 1 is 0.897 bits per heavy atom. The molecule has 0 atom stereocenters. The van der Waals surface area contributed by atoms with Gasteiger partial charge in [0.1, 0.15) is 0 Å². The van der Waals surface area contributed by atoms with E-state index >= 15 is 0 Å². The Morgan fingerprint density at radius 2 is 1.55 bits per heavy atom. The van der Waals surface area contributed by atoms with Crippen molar-refractivity contribution in [2.45, 2.75) is 24.8 Å². The molecule has 0 aliphatic carbocycles. The third kappa shape index (κ3) is 4.03. The third-order valence-corrected chi connectivity index (χ3v) is 6.53. The summed E-state index contributed by atoms with van der Waals surface area (Å²) in [5, 5.41) is 0. The van der Waals surface area contributed by atoms with Crippen LogP contribution < -0.4 is 4.72 Å². The Hall–Kier alpha value is -3.12. The van der Waals surface area contributed by atoms with Gasteiger partial charge in [0.2, 0.25) is 0 Å². The van der Waals surface area contributed by atoms with Gasteiger partial charge in [-0.1, -0.05) is 54.1 Å². The van der Waals surface area contributed by atoms with Crippen LogP contribution in [0.15, 0.2) is 77.7 Å². The predicted molar refractivity (Wildman–Crippen MR) is 113 cm³/mol. The molecule has 0 spiro atoms. The van der Waals surface area contributed by atoms with Crippen LogP contribution >= 0.6 is 0 Å². The number of nitrogens with one attached hydrogen (secondary N) is 1. The molecule has 1 heterocycles. The first-order valence-corrected chi connectivity index (χ1v) is 11.0. The van der Waals surface area contributed by atoms with Gasteiger partial charge in [-0.2, -0.15) is 0 Å². The molecule has 0 saturated carbocycles. The predicted octanol–water partition coefficient (Wildman–Crippen LogP) is 3.99. The number of aryl methyl sites for hydroxylation is 1. The van der Waals surface area contributed by atoms with Crippen LogP contribution in [0.3, 0.4) is 0 Å². The standard InChI is InChI=1S/C23H22N2O3S/c1-17-10-12-20(13-11-17)29(27,28)24-22-9-5-4-8-21(22)23(26)25-15-14-18-6-2-3-7-19(18)16-25/h2-13,24H,14-16H2,1H3. The van der Waals surface area contributed by atoms with Crippen LogP contribution in [0.25, 0.3) is 0 Å². The maximum absolute atomic E-state index is 13.2. The Balaban J connectivity index is 1.60. The first-order chi connectivity index (χ1) is 13.9. The molecule has 0 radical (unpaired) electrons. The van der Waals surface area contributed by atoms with E-state index in [2.05, 4.69) is 10.8 Å². The number of carbonyl (C=O) groups excluding carboxylic acids is 1. The first kappa shape index (κ1) is 19.2. The van der Waals surface area contributed by atoms with Crippen molar-refractivity contribution in [2.75, 3.05) is 11.3 Å². The number of carbonyl (C=O) groups is 1. The molecule has 6 heteroatoms. The van der Waals surface area contributed by atoms with Gasteiger partial charge in [-0.3, -0.25) is 9.52 Å². The number of hydrogen-bond acceptors (Lipinski definition) is 3. The number of benzene rings is 3. The van der Waals surface area contributed by atoms with Crippen molar-refractivity contribution in [1.29, 1.82) is 0 Å². The Morgan fingerprint density at radius 3 is 2.31 bits per heavy atom. The molecule has 1 amide bonds. The summed E-state index contributed by atoms with van der Waals surface area (Å²) >= 11 is 0. The summed E-state index contributed by atoms with van der Waals surface area (Å²) < 4.78 is 28.2. The molecule has 0 fully saturated rings. The molecule has 29 heavy (non-hydrogen) atoms. The van der Waals surface area contributed by atoms with Crippen molar-refractivity contribution in [1.82, 2.24) is 4.90 Å². The first-order valence-electron chi connectivity index (χ1n) is 9.48. The second kappa shape index (κ2) is 7.72. The number of hydrogen-bond donors (Lipinski definition) is 1. The summed E-state index contributed by atoms with van der Waals surface area (Å²) in [5.41, 5.74) is 4.00. The van der Waals surface area contributed by atoms with Crippen LogP contribution in [-0.4, -0.2) is 25.8 Å². The van der Waals surface area contributed by atoms with Gasteiger partial charge in [-0.25, -0.2) is 8.42 Å². The monoisotopic (exact) mass is 406 g/mol.